The SMILES string of the molecule is CN1CCN(CCCOc2ccc(C(=O)N3CCC(N4C(=O)CCc5ccccc54)CC3)cc2)CC1.O=C(O)C(=O)O.O=C(O)C(=O)O. The van der Waals surface area contributed by atoms with E-state index in [4.69, 9.17) is 44.3 Å². The Balaban J connectivity index is 0.000000446. The molecule has 260 valence electrons. The highest BCUT2D eigenvalue weighted by atomic mass is 16.5. The molecule has 48 heavy (non-hydrogen) atoms. The first-order valence-electron chi connectivity index (χ1n) is 15.6. The van der Waals surface area contributed by atoms with Crippen LogP contribution in [0.1, 0.15) is 41.6 Å². The summed E-state index contributed by atoms with van der Waals surface area (Å²) in [4.78, 5) is 71.0. The quantitative estimate of drug-likeness (QED) is 0.244. The topological polar surface area (TPSA) is 206 Å². The fraction of sp³-hybridized carbons (Fsp3) is 0.455. The van der Waals surface area contributed by atoms with Crippen LogP contribution in [0.25, 0.3) is 0 Å². The van der Waals surface area contributed by atoms with Crippen LogP contribution >= 0.6 is 0 Å². The predicted molar refractivity (Wildman–Crippen MR) is 172 cm³/mol. The Labute approximate surface area is 277 Å². The number of piperazine rings is 1. The molecule has 15 heteroatoms. The number of hydrogen-bond acceptors (Lipinski definition) is 9. The third-order valence-electron chi connectivity index (χ3n) is 8.20. The zero-order chi connectivity index (χ0) is 35.2. The van der Waals surface area contributed by atoms with Crippen LogP contribution in [0.4, 0.5) is 5.69 Å². The first-order chi connectivity index (χ1) is 22.9. The number of ether oxygens (including phenoxy) is 1. The maximum absolute atomic E-state index is 13.1. The summed E-state index contributed by atoms with van der Waals surface area (Å²) in [6.07, 6.45) is 4.00. The largest absolute Gasteiger partial charge is 0.494 e. The Morgan fingerprint density at radius 2 is 1.31 bits per heavy atom. The number of aliphatic carboxylic acids is 4. The molecule has 0 bridgehead atoms. The number of likely N-dealkylation sites (tertiary alicyclic amines) is 1. The lowest BCUT2D eigenvalue weighted by atomic mass is 9.95. The smallest absolute Gasteiger partial charge is 0.414 e. The first kappa shape index (κ1) is 37.4. The lowest BCUT2D eigenvalue weighted by Crippen LogP contribution is -2.50. The van der Waals surface area contributed by atoms with Gasteiger partial charge in [-0.05, 0) is 68.6 Å². The highest BCUT2D eigenvalue weighted by molar-refractivity contribution is 6.27. The lowest BCUT2D eigenvalue weighted by molar-refractivity contribution is -0.159. The molecule has 0 unspecified atom stereocenters. The van der Waals surface area contributed by atoms with E-state index in [9.17, 15) is 9.59 Å². The zero-order valence-corrected chi connectivity index (χ0v) is 26.8. The second-order valence-electron chi connectivity index (χ2n) is 11.5. The number of piperidine rings is 1. The van der Waals surface area contributed by atoms with E-state index >= 15 is 0 Å². The summed E-state index contributed by atoms with van der Waals surface area (Å²) in [5.74, 6) is -6.22. The van der Waals surface area contributed by atoms with Crippen LogP contribution in [0.2, 0.25) is 0 Å². The molecule has 2 amide bonds. The number of anilines is 1. The molecule has 3 aliphatic rings. The van der Waals surface area contributed by atoms with Gasteiger partial charge in [-0.25, -0.2) is 19.2 Å². The van der Waals surface area contributed by atoms with E-state index in [0.29, 0.717) is 31.7 Å². The molecule has 0 saturated carbocycles. The Bertz CT molecular complexity index is 1390. The molecule has 4 N–H and O–H groups in total. The number of para-hydroxylation sites is 1. The number of rotatable bonds is 7. The van der Waals surface area contributed by atoms with Crippen LogP contribution < -0.4 is 9.64 Å². The average Bonchev–Trinajstić information content (AvgIpc) is 3.08. The van der Waals surface area contributed by atoms with Crippen LogP contribution in [-0.2, 0) is 30.4 Å². The molecule has 5 rings (SSSR count). The molecule has 0 radical (unpaired) electrons. The fourth-order valence-corrected chi connectivity index (χ4v) is 5.61. The van der Waals surface area contributed by atoms with Crippen LogP contribution in [0.3, 0.4) is 0 Å². The maximum atomic E-state index is 13.1. The van der Waals surface area contributed by atoms with E-state index in [1.807, 2.05) is 46.2 Å². The number of carboxylic acids is 4. The molecule has 0 aliphatic carbocycles. The van der Waals surface area contributed by atoms with E-state index in [1.165, 1.54) is 5.56 Å². The number of aryl methyl sites for hydroxylation is 1. The van der Waals surface area contributed by atoms with Gasteiger partial charge in [0.15, 0.2) is 0 Å². The van der Waals surface area contributed by atoms with E-state index in [-0.39, 0.29) is 17.9 Å². The first-order valence-corrected chi connectivity index (χ1v) is 15.6. The van der Waals surface area contributed by atoms with E-state index in [2.05, 4.69) is 29.0 Å². The fourth-order valence-electron chi connectivity index (χ4n) is 5.61. The Morgan fingerprint density at radius 1 is 0.750 bits per heavy atom. The number of nitrogens with zero attached hydrogens (tertiary/aromatic N) is 4. The van der Waals surface area contributed by atoms with Crippen LogP contribution in [0.15, 0.2) is 48.5 Å². The molecular weight excluding hydrogens is 628 g/mol. The number of hydrogen-bond donors (Lipinski definition) is 4. The van der Waals surface area contributed by atoms with Gasteiger partial charge in [0.05, 0.1) is 6.61 Å². The number of amides is 2. The molecule has 2 aromatic carbocycles. The summed E-state index contributed by atoms with van der Waals surface area (Å²) in [6, 6.07) is 15.9. The van der Waals surface area contributed by atoms with Gasteiger partial charge < -0.3 is 44.8 Å². The monoisotopic (exact) mass is 670 g/mol. The van der Waals surface area contributed by atoms with Gasteiger partial charge in [-0.3, -0.25) is 9.59 Å². The van der Waals surface area contributed by atoms with Gasteiger partial charge in [-0.2, -0.15) is 0 Å². The zero-order valence-electron chi connectivity index (χ0n) is 26.8. The number of carbonyl (C=O) groups excluding carboxylic acids is 2. The highest BCUT2D eigenvalue weighted by Crippen LogP contribution is 2.32. The van der Waals surface area contributed by atoms with Crippen molar-refractivity contribution >= 4 is 41.4 Å². The minimum Gasteiger partial charge on any atom is -0.494 e. The predicted octanol–water partition coefficient (Wildman–Crippen LogP) is 1.60. The number of fused-ring (bicyclic) bond motifs is 1. The minimum atomic E-state index is -1.82. The number of carboxylic acid groups (broad SMARTS) is 4. The Hall–Kier alpha value is -5.02. The summed E-state index contributed by atoms with van der Waals surface area (Å²) in [7, 11) is 2.17. The third kappa shape index (κ3) is 11.3. The van der Waals surface area contributed by atoms with E-state index in [1.54, 1.807) is 0 Å². The normalized spacial score (nSPS) is 16.7. The summed E-state index contributed by atoms with van der Waals surface area (Å²) < 4.78 is 5.92. The number of benzene rings is 2. The van der Waals surface area contributed by atoms with Gasteiger partial charge in [0.1, 0.15) is 5.75 Å². The van der Waals surface area contributed by atoms with Gasteiger partial charge in [0, 0.05) is 69.5 Å². The van der Waals surface area contributed by atoms with Gasteiger partial charge >= 0.3 is 23.9 Å². The van der Waals surface area contributed by atoms with Crippen molar-refractivity contribution in [1.82, 2.24) is 14.7 Å². The molecule has 0 atom stereocenters. The number of likely N-dealkylation sites (N-methyl/N-ethyl adjacent to an activating group) is 1. The van der Waals surface area contributed by atoms with Gasteiger partial charge in [0.2, 0.25) is 5.91 Å². The molecule has 0 aromatic heterocycles. The molecule has 2 aromatic rings. The minimum absolute atomic E-state index is 0.0560. The van der Waals surface area contributed by atoms with Gasteiger partial charge in [-0.15, -0.1) is 0 Å². The van der Waals surface area contributed by atoms with Crippen molar-refractivity contribution in [1.29, 1.82) is 0 Å². The molecule has 0 spiro atoms. The lowest BCUT2D eigenvalue weighted by Gasteiger charge is -2.41. The average molecular weight is 671 g/mol. The van der Waals surface area contributed by atoms with E-state index < -0.39 is 23.9 Å². The summed E-state index contributed by atoms with van der Waals surface area (Å²) in [5.41, 5.74) is 2.99. The van der Waals surface area contributed by atoms with Crippen molar-refractivity contribution in [2.75, 3.05) is 64.4 Å². The van der Waals surface area contributed by atoms with Crippen LogP contribution in [0.5, 0.6) is 5.75 Å². The molecule has 2 fully saturated rings. The Morgan fingerprint density at radius 3 is 1.88 bits per heavy atom. The second kappa shape index (κ2) is 18.4. The summed E-state index contributed by atoms with van der Waals surface area (Å²) in [6.45, 7) is 7.62. The van der Waals surface area contributed by atoms with Crippen molar-refractivity contribution in [3.05, 3.63) is 59.7 Å². The van der Waals surface area contributed by atoms with Crippen molar-refractivity contribution in [3.8, 4) is 5.75 Å². The van der Waals surface area contributed by atoms with Crippen molar-refractivity contribution in [2.45, 2.75) is 38.1 Å². The second-order valence-corrected chi connectivity index (χ2v) is 11.5. The number of carbonyl (C=O) groups is 6. The molecule has 3 aliphatic heterocycles. The third-order valence-corrected chi connectivity index (χ3v) is 8.20. The Kier molecular flexibility index (Phi) is 14.3. The van der Waals surface area contributed by atoms with Gasteiger partial charge in [0.25, 0.3) is 5.91 Å². The van der Waals surface area contributed by atoms with Crippen molar-refractivity contribution < 1.29 is 53.9 Å². The van der Waals surface area contributed by atoms with E-state index in [0.717, 1.165) is 69.8 Å². The highest BCUT2D eigenvalue weighted by Gasteiger charge is 2.33. The molecule has 15 nitrogen and oxygen atoms in total. The molecule has 2 saturated heterocycles. The summed E-state index contributed by atoms with van der Waals surface area (Å²) >= 11 is 0. The standard InChI is InChI=1S/C29H38N4O3.2C2H2O4/c1-30-18-20-31(21-19-30)15-4-22-36-26-10-7-24(8-11-26)29(35)32-16-13-25(14-17-32)33-27-6-3-2-5-23(27)9-12-28(33)34;2*3-1(4)2(5)6/h2-3,5-8,10-11,25H,4,9,12-22H2,1H3;2*(H,3,4)(H,5,6). The molecule has 3 heterocycles. The van der Waals surface area contributed by atoms with Crippen molar-refractivity contribution in [3.63, 3.8) is 0 Å². The van der Waals surface area contributed by atoms with Crippen LogP contribution in [0, 0.1) is 0 Å². The maximum Gasteiger partial charge on any atom is 0.414 e. The van der Waals surface area contributed by atoms with Crippen molar-refractivity contribution in [2.24, 2.45) is 0 Å². The van der Waals surface area contributed by atoms with Crippen LogP contribution in [-0.4, -0.2) is 136 Å². The molecular formula is C33H42N4O11. The van der Waals surface area contributed by atoms with Gasteiger partial charge in [-0.1, -0.05) is 18.2 Å². The summed E-state index contributed by atoms with van der Waals surface area (Å²) in [5, 5.41) is 29.6.